The van der Waals surface area contributed by atoms with Crippen LogP contribution < -0.4 is 16.6 Å². The minimum atomic E-state index is -0.404. The van der Waals surface area contributed by atoms with E-state index < -0.39 is 5.56 Å². The average molecular weight is 352 g/mol. The topological polar surface area (TPSA) is 137 Å². The Hall–Kier alpha value is -2.46. The molecule has 0 amide bonds. The molecule has 25 heavy (non-hydrogen) atoms. The number of ether oxygens (including phenoxy) is 2. The molecular weight excluding hydrogens is 328 g/mol. The molecular formula is C15H24N6O4. The van der Waals surface area contributed by atoms with Crippen molar-refractivity contribution >= 4 is 23.1 Å². The van der Waals surface area contributed by atoms with Crippen LogP contribution in [0.2, 0.25) is 0 Å². The summed E-state index contributed by atoms with van der Waals surface area (Å²) in [6.07, 6.45) is 1.44. The second-order valence-corrected chi connectivity index (χ2v) is 5.82. The van der Waals surface area contributed by atoms with E-state index in [1.165, 1.54) is 6.33 Å². The Balaban J connectivity index is 1.82. The fourth-order valence-electron chi connectivity index (χ4n) is 2.33. The number of fused-ring (bicyclic) bond motifs is 1. The summed E-state index contributed by atoms with van der Waals surface area (Å²) in [6.45, 7) is 7.00. The number of nitrogens with one attached hydrogen (secondary N) is 2. The zero-order valence-corrected chi connectivity index (χ0v) is 14.6. The lowest BCUT2D eigenvalue weighted by atomic mass is 10.1. The van der Waals surface area contributed by atoms with E-state index in [0.29, 0.717) is 12.2 Å². The highest BCUT2D eigenvalue weighted by Crippen LogP contribution is 2.07. The van der Waals surface area contributed by atoms with Gasteiger partial charge in [0.2, 0.25) is 5.95 Å². The van der Waals surface area contributed by atoms with Crippen molar-refractivity contribution in [3.8, 4) is 0 Å². The van der Waals surface area contributed by atoms with Gasteiger partial charge in [0, 0.05) is 0 Å². The first-order valence-electron chi connectivity index (χ1n) is 8.12. The molecule has 2 heterocycles. The molecule has 0 unspecified atom stereocenters. The number of aromatic nitrogens is 4. The number of H-pyrrole nitrogens is 1. The number of carbonyl (C=O) groups excluding carboxylic acids is 1. The van der Waals surface area contributed by atoms with Gasteiger partial charge in [-0.05, 0) is 12.5 Å². The summed E-state index contributed by atoms with van der Waals surface area (Å²) in [5.41, 5.74) is 5.65. The fourth-order valence-corrected chi connectivity index (χ4v) is 2.33. The smallest absolute Gasteiger partial charge is 0.323 e. The standard InChI is InChI=1S/C15H24N6O4/c1-4-17-10(9(2)3)14(23)25-6-5-24-8-21-7-18-11-12(21)19-15(16)20-13(11)22/h7,9-10,17H,4-6,8H2,1-3H3,(H3,16,19,20,22)/t10-/m1/s1. The van der Waals surface area contributed by atoms with Crippen molar-refractivity contribution in [2.45, 2.75) is 33.5 Å². The van der Waals surface area contributed by atoms with Crippen molar-refractivity contribution in [2.24, 2.45) is 5.92 Å². The zero-order chi connectivity index (χ0) is 18.4. The van der Waals surface area contributed by atoms with Gasteiger partial charge in [-0.15, -0.1) is 0 Å². The Morgan fingerprint density at radius 2 is 2.20 bits per heavy atom. The highest BCUT2D eigenvalue weighted by Gasteiger charge is 2.22. The highest BCUT2D eigenvalue weighted by molar-refractivity contribution is 5.76. The number of aromatic amines is 1. The van der Waals surface area contributed by atoms with Crippen LogP contribution in [-0.2, 0) is 21.0 Å². The Kier molecular flexibility index (Phi) is 6.48. The predicted octanol–water partition coefficient (Wildman–Crippen LogP) is -0.147. The van der Waals surface area contributed by atoms with E-state index in [0.717, 1.165) is 0 Å². The van der Waals surface area contributed by atoms with Gasteiger partial charge in [-0.1, -0.05) is 20.8 Å². The molecule has 0 aromatic carbocycles. The number of imidazole rings is 1. The number of hydrogen-bond acceptors (Lipinski definition) is 8. The van der Waals surface area contributed by atoms with Crippen LogP contribution in [0.4, 0.5) is 5.95 Å². The third kappa shape index (κ3) is 4.77. The molecule has 10 heteroatoms. The Morgan fingerprint density at radius 1 is 1.44 bits per heavy atom. The number of rotatable bonds is 9. The molecule has 0 aliphatic carbocycles. The maximum Gasteiger partial charge on any atom is 0.323 e. The van der Waals surface area contributed by atoms with Gasteiger partial charge >= 0.3 is 5.97 Å². The van der Waals surface area contributed by atoms with Crippen LogP contribution in [-0.4, -0.2) is 51.3 Å². The van der Waals surface area contributed by atoms with Gasteiger partial charge in [-0.25, -0.2) is 4.98 Å². The van der Waals surface area contributed by atoms with Crippen molar-refractivity contribution in [1.82, 2.24) is 24.8 Å². The molecule has 2 rings (SSSR count). The number of hydrogen-bond donors (Lipinski definition) is 3. The van der Waals surface area contributed by atoms with Crippen LogP contribution in [0.5, 0.6) is 0 Å². The molecule has 0 aliphatic rings. The number of nitrogen functional groups attached to an aromatic ring is 1. The lowest BCUT2D eigenvalue weighted by Gasteiger charge is -2.19. The second-order valence-electron chi connectivity index (χ2n) is 5.82. The minimum Gasteiger partial charge on any atom is -0.462 e. The third-order valence-corrected chi connectivity index (χ3v) is 3.54. The summed E-state index contributed by atoms with van der Waals surface area (Å²) in [5, 5.41) is 3.10. The Bertz CT molecular complexity index is 769. The van der Waals surface area contributed by atoms with Crippen LogP contribution in [0, 0.1) is 5.92 Å². The first kappa shape index (κ1) is 18.9. The first-order valence-corrected chi connectivity index (χ1v) is 8.12. The van der Waals surface area contributed by atoms with E-state index in [-0.39, 0.29) is 49.3 Å². The summed E-state index contributed by atoms with van der Waals surface area (Å²) in [4.78, 5) is 34.1. The van der Waals surface area contributed by atoms with E-state index in [4.69, 9.17) is 15.2 Å². The predicted molar refractivity (Wildman–Crippen MR) is 91.8 cm³/mol. The SMILES string of the molecule is CCN[C@@H](C(=O)OCCOCn1cnc2c(=O)[nH]c(N)nc21)C(C)C. The molecule has 0 radical (unpaired) electrons. The van der Waals surface area contributed by atoms with E-state index in [1.807, 2.05) is 20.8 Å². The maximum absolute atomic E-state index is 12.0. The van der Waals surface area contributed by atoms with Crippen LogP contribution >= 0.6 is 0 Å². The fraction of sp³-hybridized carbons (Fsp3) is 0.600. The molecule has 138 valence electrons. The molecule has 0 fully saturated rings. The summed E-state index contributed by atoms with van der Waals surface area (Å²) >= 11 is 0. The summed E-state index contributed by atoms with van der Waals surface area (Å²) in [5.74, 6) is -0.147. The van der Waals surface area contributed by atoms with Gasteiger partial charge in [0.1, 0.15) is 19.4 Å². The normalized spacial score (nSPS) is 12.6. The number of anilines is 1. The third-order valence-electron chi connectivity index (χ3n) is 3.54. The Morgan fingerprint density at radius 3 is 2.88 bits per heavy atom. The zero-order valence-electron chi connectivity index (χ0n) is 14.6. The summed E-state index contributed by atoms with van der Waals surface area (Å²) in [7, 11) is 0. The number of esters is 1. The van der Waals surface area contributed by atoms with Gasteiger partial charge < -0.3 is 20.5 Å². The van der Waals surface area contributed by atoms with E-state index in [2.05, 4.69) is 20.3 Å². The molecule has 0 aliphatic heterocycles. The molecule has 0 saturated heterocycles. The molecule has 4 N–H and O–H groups in total. The van der Waals surface area contributed by atoms with E-state index in [9.17, 15) is 9.59 Å². The average Bonchev–Trinajstić information content (AvgIpc) is 2.95. The van der Waals surface area contributed by atoms with E-state index >= 15 is 0 Å². The maximum atomic E-state index is 12.0. The van der Waals surface area contributed by atoms with Crippen molar-refractivity contribution in [2.75, 3.05) is 25.5 Å². The van der Waals surface area contributed by atoms with Gasteiger partial charge in [-0.2, -0.15) is 4.98 Å². The van der Waals surface area contributed by atoms with Crippen molar-refractivity contribution in [3.63, 3.8) is 0 Å². The quantitative estimate of drug-likeness (QED) is 0.419. The highest BCUT2D eigenvalue weighted by atomic mass is 16.6. The van der Waals surface area contributed by atoms with Crippen LogP contribution in [0.3, 0.4) is 0 Å². The number of likely N-dealkylation sites (N-methyl/N-ethyl adjacent to an activating group) is 1. The van der Waals surface area contributed by atoms with Crippen LogP contribution in [0.15, 0.2) is 11.1 Å². The monoisotopic (exact) mass is 352 g/mol. The minimum absolute atomic E-state index is 0.0105. The first-order chi connectivity index (χ1) is 11.9. The summed E-state index contributed by atoms with van der Waals surface area (Å²) < 4.78 is 12.2. The number of nitrogens with zero attached hydrogens (tertiary/aromatic N) is 3. The number of nitrogens with two attached hydrogens (primary N) is 1. The van der Waals surface area contributed by atoms with Crippen LogP contribution in [0.1, 0.15) is 20.8 Å². The molecule has 0 spiro atoms. The van der Waals surface area contributed by atoms with Gasteiger partial charge in [0.15, 0.2) is 11.2 Å². The largest absolute Gasteiger partial charge is 0.462 e. The molecule has 2 aromatic rings. The van der Waals surface area contributed by atoms with Gasteiger partial charge in [0.05, 0.1) is 12.9 Å². The molecule has 10 nitrogen and oxygen atoms in total. The lowest BCUT2D eigenvalue weighted by molar-refractivity contribution is -0.149. The van der Waals surface area contributed by atoms with E-state index in [1.54, 1.807) is 4.57 Å². The van der Waals surface area contributed by atoms with Crippen LogP contribution in [0.25, 0.3) is 11.2 Å². The van der Waals surface area contributed by atoms with Gasteiger partial charge in [0.25, 0.3) is 5.56 Å². The molecule has 0 saturated carbocycles. The molecule has 2 aromatic heterocycles. The second kappa shape index (κ2) is 8.58. The summed E-state index contributed by atoms with van der Waals surface area (Å²) in [6, 6.07) is -0.332. The number of carbonyl (C=O) groups is 1. The van der Waals surface area contributed by atoms with Crippen molar-refractivity contribution < 1.29 is 14.3 Å². The lowest BCUT2D eigenvalue weighted by Crippen LogP contribution is -2.42. The molecule has 0 bridgehead atoms. The van der Waals surface area contributed by atoms with Crippen molar-refractivity contribution in [1.29, 1.82) is 0 Å². The van der Waals surface area contributed by atoms with Gasteiger partial charge in [-0.3, -0.25) is 19.1 Å². The Labute approximate surface area is 144 Å². The van der Waals surface area contributed by atoms with Crippen molar-refractivity contribution in [3.05, 3.63) is 16.7 Å². The molecule has 1 atom stereocenters.